The van der Waals surface area contributed by atoms with Crippen LogP contribution in [-0.2, 0) is 16.1 Å². The summed E-state index contributed by atoms with van der Waals surface area (Å²) >= 11 is 0. The summed E-state index contributed by atoms with van der Waals surface area (Å²) in [6.45, 7) is 2.42. The first-order chi connectivity index (χ1) is 10.1. The molecule has 2 aliphatic rings. The highest BCUT2D eigenvalue weighted by molar-refractivity contribution is 6.05. The molecular formula is C15H19N3O3. The van der Waals surface area contributed by atoms with Gasteiger partial charge in [0.15, 0.2) is 0 Å². The highest BCUT2D eigenvalue weighted by atomic mass is 16.2. The van der Waals surface area contributed by atoms with Crippen molar-refractivity contribution in [3.05, 3.63) is 34.9 Å². The number of nitrogens with two attached hydrogens (primary N) is 1. The van der Waals surface area contributed by atoms with Crippen molar-refractivity contribution in [2.45, 2.75) is 32.4 Å². The molecule has 1 unspecified atom stereocenters. The van der Waals surface area contributed by atoms with Crippen molar-refractivity contribution in [1.29, 1.82) is 0 Å². The molecule has 3 rings (SSSR count). The number of carbonyl (C=O) groups is 3. The van der Waals surface area contributed by atoms with Crippen molar-refractivity contribution in [3.8, 4) is 0 Å². The van der Waals surface area contributed by atoms with Gasteiger partial charge in [0, 0.05) is 18.5 Å². The van der Waals surface area contributed by atoms with Crippen LogP contribution in [0.3, 0.4) is 0 Å². The molecule has 21 heavy (non-hydrogen) atoms. The van der Waals surface area contributed by atoms with Crippen LogP contribution in [0.5, 0.6) is 0 Å². The van der Waals surface area contributed by atoms with Crippen molar-refractivity contribution in [1.82, 2.24) is 10.2 Å². The molecule has 1 saturated heterocycles. The van der Waals surface area contributed by atoms with Gasteiger partial charge < -0.3 is 10.6 Å². The van der Waals surface area contributed by atoms with E-state index in [2.05, 4.69) is 11.1 Å². The zero-order valence-corrected chi connectivity index (χ0v) is 12.2. The molecule has 0 aliphatic carbocycles. The number of imide groups is 1. The van der Waals surface area contributed by atoms with E-state index in [1.54, 1.807) is 11.0 Å². The van der Waals surface area contributed by atoms with E-state index in [-0.39, 0.29) is 24.1 Å². The van der Waals surface area contributed by atoms with Gasteiger partial charge in [-0.15, -0.1) is 0 Å². The Hall–Kier alpha value is -2.21. The number of nitrogens with one attached hydrogen (secondary N) is 1. The van der Waals surface area contributed by atoms with Crippen LogP contribution in [-0.4, -0.2) is 35.7 Å². The Balaban J connectivity index is 0.000000774. The largest absolute Gasteiger partial charge is 0.333 e. The summed E-state index contributed by atoms with van der Waals surface area (Å²) < 4.78 is 0. The molecule has 1 aromatic rings. The fourth-order valence-electron chi connectivity index (χ4n) is 2.70. The third-order valence-electron chi connectivity index (χ3n) is 3.68. The van der Waals surface area contributed by atoms with Gasteiger partial charge in [0.25, 0.3) is 5.91 Å². The minimum atomic E-state index is -0.530. The molecule has 0 aromatic heterocycles. The normalized spacial score (nSPS) is 20.6. The molecule has 3 N–H and O–H groups in total. The topological polar surface area (TPSA) is 92.5 Å². The fourth-order valence-corrected chi connectivity index (χ4v) is 2.70. The second-order valence-corrected chi connectivity index (χ2v) is 5.06. The number of hydrogen-bond acceptors (Lipinski definition) is 4. The number of hydrogen-bond donors (Lipinski definition) is 2. The summed E-state index contributed by atoms with van der Waals surface area (Å²) in [7, 11) is 1.50. The van der Waals surface area contributed by atoms with Gasteiger partial charge in [-0.25, -0.2) is 0 Å². The molecule has 112 valence electrons. The van der Waals surface area contributed by atoms with E-state index in [0.29, 0.717) is 18.5 Å². The summed E-state index contributed by atoms with van der Waals surface area (Å²) in [5.41, 5.74) is 7.21. The van der Waals surface area contributed by atoms with E-state index in [9.17, 15) is 14.4 Å². The van der Waals surface area contributed by atoms with Crippen molar-refractivity contribution in [2.24, 2.45) is 5.73 Å². The molecule has 2 aliphatic heterocycles. The standard InChI is InChI=1S/C14H14N2O3.CH5N/c1-8-2-3-10-9(6-8)7-16(14(10)19)11-4-5-12(17)15-13(11)18;1-2/h2-3,6,11H,4-5,7H2,1H3,(H,15,17,18);2H2,1H3. The number of fused-ring (bicyclic) bond motifs is 1. The van der Waals surface area contributed by atoms with Gasteiger partial charge in [-0.2, -0.15) is 0 Å². The number of benzene rings is 1. The average Bonchev–Trinajstić information content (AvgIpc) is 2.77. The molecule has 1 fully saturated rings. The summed E-state index contributed by atoms with van der Waals surface area (Å²) in [5.74, 6) is -0.750. The van der Waals surface area contributed by atoms with Crippen LogP contribution in [0.15, 0.2) is 18.2 Å². The predicted molar refractivity (Wildman–Crippen MR) is 77.3 cm³/mol. The number of piperidine rings is 1. The van der Waals surface area contributed by atoms with Gasteiger partial charge in [0.05, 0.1) is 0 Å². The predicted octanol–water partition coefficient (Wildman–Crippen LogP) is 0.331. The molecular weight excluding hydrogens is 270 g/mol. The zero-order valence-electron chi connectivity index (χ0n) is 12.2. The lowest BCUT2D eigenvalue weighted by atomic mass is 10.0. The minimum Gasteiger partial charge on any atom is -0.333 e. The Kier molecular flexibility index (Phi) is 4.37. The summed E-state index contributed by atoms with van der Waals surface area (Å²) in [4.78, 5) is 36.8. The highest BCUT2D eigenvalue weighted by Crippen LogP contribution is 2.27. The van der Waals surface area contributed by atoms with Crippen molar-refractivity contribution in [3.63, 3.8) is 0 Å². The van der Waals surface area contributed by atoms with E-state index >= 15 is 0 Å². The van der Waals surface area contributed by atoms with Gasteiger partial charge in [-0.05, 0) is 32.0 Å². The third kappa shape index (κ3) is 2.80. The maximum absolute atomic E-state index is 12.3. The lowest BCUT2D eigenvalue weighted by molar-refractivity contribution is -0.136. The lowest BCUT2D eigenvalue weighted by Crippen LogP contribution is -2.52. The summed E-state index contributed by atoms with van der Waals surface area (Å²) in [5, 5.41) is 2.29. The highest BCUT2D eigenvalue weighted by Gasteiger charge is 2.38. The molecule has 1 aromatic carbocycles. The van der Waals surface area contributed by atoms with Crippen LogP contribution in [0.1, 0.15) is 34.3 Å². The molecule has 2 heterocycles. The molecule has 0 spiro atoms. The van der Waals surface area contributed by atoms with Crippen LogP contribution in [0.2, 0.25) is 0 Å². The number of nitrogens with zero attached hydrogens (tertiary/aromatic N) is 1. The molecule has 1 atom stereocenters. The van der Waals surface area contributed by atoms with Crippen LogP contribution in [0, 0.1) is 6.92 Å². The zero-order chi connectivity index (χ0) is 15.6. The summed E-state index contributed by atoms with van der Waals surface area (Å²) in [6.07, 6.45) is 0.693. The van der Waals surface area contributed by atoms with E-state index in [1.165, 1.54) is 7.05 Å². The maximum Gasteiger partial charge on any atom is 0.255 e. The van der Waals surface area contributed by atoms with Crippen molar-refractivity contribution < 1.29 is 14.4 Å². The molecule has 0 saturated carbocycles. The van der Waals surface area contributed by atoms with E-state index in [1.807, 2.05) is 19.1 Å². The third-order valence-corrected chi connectivity index (χ3v) is 3.68. The fraction of sp³-hybridized carbons (Fsp3) is 0.400. The van der Waals surface area contributed by atoms with Crippen LogP contribution < -0.4 is 11.1 Å². The number of carbonyl (C=O) groups excluding carboxylic acids is 3. The Labute approximate surface area is 123 Å². The molecule has 6 heteroatoms. The summed E-state index contributed by atoms with van der Waals surface area (Å²) in [6, 6.07) is 5.14. The first-order valence-corrected chi connectivity index (χ1v) is 6.88. The Morgan fingerprint density at radius 1 is 1.24 bits per heavy atom. The first-order valence-electron chi connectivity index (χ1n) is 6.88. The monoisotopic (exact) mass is 289 g/mol. The van der Waals surface area contributed by atoms with E-state index in [4.69, 9.17) is 0 Å². The van der Waals surface area contributed by atoms with Gasteiger partial charge in [0.1, 0.15) is 6.04 Å². The Morgan fingerprint density at radius 3 is 2.62 bits per heavy atom. The number of rotatable bonds is 1. The first kappa shape index (κ1) is 15.2. The second-order valence-electron chi connectivity index (χ2n) is 5.06. The number of aryl methyl sites for hydroxylation is 1. The minimum absolute atomic E-state index is 0.121. The average molecular weight is 289 g/mol. The van der Waals surface area contributed by atoms with Crippen LogP contribution in [0.25, 0.3) is 0 Å². The second kappa shape index (κ2) is 6.05. The quantitative estimate of drug-likeness (QED) is 0.729. The van der Waals surface area contributed by atoms with Gasteiger partial charge in [-0.3, -0.25) is 19.7 Å². The van der Waals surface area contributed by atoms with Gasteiger partial charge in [0.2, 0.25) is 11.8 Å². The maximum atomic E-state index is 12.3. The molecule has 0 bridgehead atoms. The SMILES string of the molecule is CN.Cc1ccc2c(c1)CN(C1CCC(=O)NC1=O)C2=O. The molecule has 0 radical (unpaired) electrons. The Bertz CT molecular complexity index is 598. The van der Waals surface area contributed by atoms with Crippen LogP contribution in [0.4, 0.5) is 0 Å². The van der Waals surface area contributed by atoms with Crippen molar-refractivity contribution >= 4 is 17.7 Å². The molecule has 3 amide bonds. The number of amides is 3. The molecule has 6 nitrogen and oxygen atoms in total. The van der Waals surface area contributed by atoms with Gasteiger partial charge in [-0.1, -0.05) is 17.7 Å². The lowest BCUT2D eigenvalue weighted by Gasteiger charge is -2.29. The van der Waals surface area contributed by atoms with E-state index < -0.39 is 6.04 Å². The van der Waals surface area contributed by atoms with Gasteiger partial charge >= 0.3 is 0 Å². The van der Waals surface area contributed by atoms with E-state index in [0.717, 1.165) is 11.1 Å². The smallest absolute Gasteiger partial charge is 0.255 e. The van der Waals surface area contributed by atoms with Crippen LogP contribution >= 0.6 is 0 Å². The van der Waals surface area contributed by atoms with Crippen molar-refractivity contribution in [2.75, 3.05) is 7.05 Å². The Morgan fingerprint density at radius 2 is 1.95 bits per heavy atom.